The summed E-state index contributed by atoms with van der Waals surface area (Å²) < 4.78 is 0. The average Bonchev–Trinajstić information content (AvgIpc) is 2.81. The fourth-order valence-corrected chi connectivity index (χ4v) is 2.99. The highest BCUT2D eigenvalue weighted by Gasteiger charge is 2.44. The summed E-state index contributed by atoms with van der Waals surface area (Å²) in [6.45, 7) is 1.94. The zero-order chi connectivity index (χ0) is 12.3. The largest absolute Gasteiger partial charge is 0.481 e. The number of nitrogens with zero attached hydrogens (tertiary/aromatic N) is 1. The fourth-order valence-electron chi connectivity index (χ4n) is 2.30. The second-order valence-electron chi connectivity index (χ2n) is 5.14. The van der Waals surface area contributed by atoms with Crippen LogP contribution in [0.3, 0.4) is 0 Å². The molecule has 0 atom stereocenters. The summed E-state index contributed by atoms with van der Waals surface area (Å²) in [7, 11) is 2.09. The van der Waals surface area contributed by atoms with Gasteiger partial charge in [-0.05, 0) is 43.2 Å². The van der Waals surface area contributed by atoms with E-state index in [4.69, 9.17) is 5.11 Å². The van der Waals surface area contributed by atoms with E-state index < -0.39 is 5.97 Å². The highest BCUT2D eigenvalue weighted by molar-refractivity contribution is 7.09. The Kier molecular flexibility index (Phi) is 3.84. The Balaban J connectivity index is 1.74. The maximum atomic E-state index is 10.8. The zero-order valence-corrected chi connectivity index (χ0v) is 11.0. The molecule has 17 heavy (non-hydrogen) atoms. The molecule has 1 aliphatic carbocycles. The molecule has 0 saturated heterocycles. The number of likely N-dealkylation sites (N-methyl/N-ethyl adjacent to an activating group) is 1. The Bertz CT molecular complexity index is 371. The number of aliphatic carboxylic acids is 1. The summed E-state index contributed by atoms with van der Waals surface area (Å²) in [6, 6.07) is 4.23. The van der Waals surface area contributed by atoms with Crippen LogP contribution in [0.4, 0.5) is 0 Å². The first-order valence-electron chi connectivity index (χ1n) is 6.02. The second kappa shape index (κ2) is 5.19. The van der Waals surface area contributed by atoms with Crippen LogP contribution in [0.5, 0.6) is 0 Å². The number of rotatable bonds is 7. The van der Waals surface area contributed by atoms with Crippen molar-refractivity contribution in [3.05, 3.63) is 22.4 Å². The lowest BCUT2D eigenvalue weighted by atomic mass is 10.0. The van der Waals surface area contributed by atoms with Gasteiger partial charge in [-0.15, -0.1) is 11.3 Å². The van der Waals surface area contributed by atoms with E-state index in [1.807, 2.05) is 0 Å². The van der Waals surface area contributed by atoms with Crippen molar-refractivity contribution in [2.45, 2.75) is 25.7 Å². The van der Waals surface area contributed by atoms with E-state index in [2.05, 4.69) is 29.5 Å². The molecule has 1 aliphatic rings. The molecule has 1 aromatic heterocycles. The molecule has 0 aliphatic heterocycles. The molecule has 1 aromatic rings. The minimum absolute atomic E-state index is 0.0794. The summed E-state index contributed by atoms with van der Waals surface area (Å²) in [5, 5.41) is 11.0. The van der Waals surface area contributed by atoms with Crippen molar-refractivity contribution in [2.24, 2.45) is 5.41 Å². The molecule has 0 aromatic carbocycles. The minimum Gasteiger partial charge on any atom is -0.481 e. The Hall–Kier alpha value is -0.870. The molecule has 0 spiro atoms. The van der Waals surface area contributed by atoms with Gasteiger partial charge in [-0.25, -0.2) is 0 Å². The van der Waals surface area contributed by atoms with E-state index in [0.717, 1.165) is 32.4 Å². The van der Waals surface area contributed by atoms with Gasteiger partial charge in [-0.2, -0.15) is 0 Å². The number of carboxylic acid groups (broad SMARTS) is 1. The number of carboxylic acids is 1. The van der Waals surface area contributed by atoms with Crippen LogP contribution in [0.25, 0.3) is 0 Å². The van der Waals surface area contributed by atoms with Crippen LogP contribution in [0, 0.1) is 5.41 Å². The molecule has 3 nitrogen and oxygen atoms in total. The van der Waals surface area contributed by atoms with Crippen molar-refractivity contribution >= 4 is 17.3 Å². The standard InChI is InChI=1S/C13H19NO2S/c1-14(7-4-11-3-2-8-17-11)10-13(5-6-13)9-12(15)16/h2-3,8H,4-7,9-10H2,1H3,(H,15,16). The van der Waals surface area contributed by atoms with E-state index in [9.17, 15) is 4.79 Å². The van der Waals surface area contributed by atoms with Gasteiger partial charge < -0.3 is 10.0 Å². The van der Waals surface area contributed by atoms with Crippen molar-refractivity contribution in [2.75, 3.05) is 20.1 Å². The van der Waals surface area contributed by atoms with Crippen molar-refractivity contribution in [3.8, 4) is 0 Å². The number of hydrogen-bond acceptors (Lipinski definition) is 3. The molecule has 0 bridgehead atoms. The zero-order valence-electron chi connectivity index (χ0n) is 10.2. The molecular formula is C13H19NO2S. The lowest BCUT2D eigenvalue weighted by Gasteiger charge is -2.22. The molecule has 0 amide bonds. The quantitative estimate of drug-likeness (QED) is 0.811. The molecular weight excluding hydrogens is 234 g/mol. The number of carbonyl (C=O) groups is 1. The van der Waals surface area contributed by atoms with Crippen LogP contribution in [-0.2, 0) is 11.2 Å². The van der Waals surface area contributed by atoms with Crippen LogP contribution in [0.2, 0.25) is 0 Å². The van der Waals surface area contributed by atoms with Gasteiger partial charge in [0.05, 0.1) is 6.42 Å². The van der Waals surface area contributed by atoms with Gasteiger partial charge >= 0.3 is 5.97 Å². The first-order chi connectivity index (χ1) is 8.10. The molecule has 94 valence electrons. The van der Waals surface area contributed by atoms with Crippen LogP contribution < -0.4 is 0 Å². The molecule has 1 heterocycles. The average molecular weight is 253 g/mol. The fraction of sp³-hybridized carbons (Fsp3) is 0.615. The Morgan fingerprint density at radius 2 is 2.35 bits per heavy atom. The highest BCUT2D eigenvalue weighted by Crippen LogP contribution is 2.49. The molecule has 1 fully saturated rings. The lowest BCUT2D eigenvalue weighted by Crippen LogP contribution is -2.29. The van der Waals surface area contributed by atoms with E-state index in [0.29, 0.717) is 6.42 Å². The van der Waals surface area contributed by atoms with E-state index in [1.165, 1.54) is 4.88 Å². The van der Waals surface area contributed by atoms with Gasteiger partial charge in [0.25, 0.3) is 0 Å². The van der Waals surface area contributed by atoms with Gasteiger partial charge in [0.1, 0.15) is 0 Å². The van der Waals surface area contributed by atoms with Gasteiger partial charge in [-0.3, -0.25) is 4.79 Å². The van der Waals surface area contributed by atoms with Crippen molar-refractivity contribution < 1.29 is 9.90 Å². The van der Waals surface area contributed by atoms with E-state index >= 15 is 0 Å². The maximum absolute atomic E-state index is 10.8. The van der Waals surface area contributed by atoms with Gasteiger partial charge in [0.2, 0.25) is 0 Å². The van der Waals surface area contributed by atoms with Gasteiger partial charge in [0.15, 0.2) is 0 Å². The van der Waals surface area contributed by atoms with Gasteiger partial charge in [-0.1, -0.05) is 6.07 Å². The molecule has 0 radical (unpaired) electrons. The topological polar surface area (TPSA) is 40.5 Å². The highest BCUT2D eigenvalue weighted by atomic mass is 32.1. The lowest BCUT2D eigenvalue weighted by molar-refractivity contribution is -0.138. The Morgan fingerprint density at radius 1 is 1.59 bits per heavy atom. The predicted molar refractivity (Wildman–Crippen MR) is 69.4 cm³/mol. The normalized spacial score (nSPS) is 17.3. The first-order valence-corrected chi connectivity index (χ1v) is 6.90. The van der Waals surface area contributed by atoms with Crippen molar-refractivity contribution in [1.29, 1.82) is 0 Å². The monoisotopic (exact) mass is 253 g/mol. The SMILES string of the molecule is CN(CCc1cccs1)CC1(CC(=O)O)CC1. The summed E-state index contributed by atoms with van der Waals surface area (Å²) in [5.74, 6) is -0.658. The summed E-state index contributed by atoms with van der Waals surface area (Å²) in [6.07, 6.45) is 3.54. The Morgan fingerprint density at radius 3 is 2.88 bits per heavy atom. The molecule has 2 rings (SSSR count). The number of thiophene rings is 1. The number of hydrogen-bond donors (Lipinski definition) is 1. The van der Waals surface area contributed by atoms with Crippen molar-refractivity contribution in [3.63, 3.8) is 0 Å². The predicted octanol–water partition coefficient (Wildman–Crippen LogP) is 2.48. The molecule has 4 heteroatoms. The van der Waals surface area contributed by atoms with Crippen molar-refractivity contribution in [1.82, 2.24) is 4.90 Å². The first kappa shape index (κ1) is 12.6. The van der Waals surface area contributed by atoms with E-state index in [1.54, 1.807) is 11.3 Å². The smallest absolute Gasteiger partial charge is 0.303 e. The molecule has 0 unspecified atom stereocenters. The minimum atomic E-state index is -0.658. The maximum Gasteiger partial charge on any atom is 0.303 e. The summed E-state index contributed by atoms with van der Waals surface area (Å²) in [4.78, 5) is 14.4. The van der Waals surface area contributed by atoms with E-state index in [-0.39, 0.29) is 5.41 Å². The van der Waals surface area contributed by atoms with Crippen LogP contribution in [0.15, 0.2) is 17.5 Å². The Labute approximate surface area is 106 Å². The third-order valence-corrected chi connectivity index (χ3v) is 4.34. The van der Waals surface area contributed by atoms with Crippen LogP contribution in [-0.4, -0.2) is 36.1 Å². The second-order valence-corrected chi connectivity index (χ2v) is 6.17. The third kappa shape index (κ3) is 3.82. The summed E-state index contributed by atoms with van der Waals surface area (Å²) in [5.41, 5.74) is 0.0794. The van der Waals surface area contributed by atoms with Gasteiger partial charge in [0, 0.05) is 18.0 Å². The van der Waals surface area contributed by atoms with Crippen LogP contribution in [0.1, 0.15) is 24.1 Å². The third-order valence-electron chi connectivity index (χ3n) is 3.41. The summed E-state index contributed by atoms with van der Waals surface area (Å²) >= 11 is 1.79. The molecule has 1 N–H and O–H groups in total. The van der Waals surface area contributed by atoms with Crippen LogP contribution >= 0.6 is 11.3 Å². The molecule has 1 saturated carbocycles.